The Bertz CT molecular complexity index is 448. The lowest BCUT2D eigenvalue weighted by molar-refractivity contribution is 0.0765. The van der Waals surface area contributed by atoms with Crippen molar-refractivity contribution in [1.29, 1.82) is 0 Å². The first kappa shape index (κ1) is 11.7. The highest BCUT2D eigenvalue weighted by Gasteiger charge is 2.41. The van der Waals surface area contributed by atoms with Crippen LogP contribution in [0, 0.1) is 18.8 Å². The summed E-state index contributed by atoms with van der Waals surface area (Å²) in [5, 5.41) is 0. The van der Waals surface area contributed by atoms with Gasteiger partial charge in [0.05, 0.1) is 12.0 Å². The number of rotatable bonds is 1. The van der Waals surface area contributed by atoms with Crippen molar-refractivity contribution in [3.63, 3.8) is 0 Å². The van der Waals surface area contributed by atoms with E-state index in [2.05, 4.69) is 16.9 Å². The molecule has 5 heteroatoms. The molecule has 0 N–H and O–H groups in total. The van der Waals surface area contributed by atoms with Gasteiger partial charge in [-0.05, 0) is 25.8 Å². The molecule has 5 nitrogen and oxygen atoms in total. The number of aryl methyl sites for hydroxylation is 2. The van der Waals surface area contributed by atoms with Crippen LogP contribution in [0.3, 0.4) is 0 Å². The molecule has 2 saturated heterocycles. The van der Waals surface area contributed by atoms with E-state index in [1.54, 1.807) is 6.33 Å². The minimum Gasteiger partial charge on any atom is -0.337 e. The number of carbonyl (C=O) groups is 1. The topological polar surface area (TPSA) is 41.4 Å². The van der Waals surface area contributed by atoms with E-state index in [0.29, 0.717) is 11.8 Å². The van der Waals surface area contributed by atoms with Gasteiger partial charge in [0.1, 0.15) is 5.69 Å². The second kappa shape index (κ2) is 4.09. The Morgan fingerprint density at radius 2 is 1.83 bits per heavy atom. The minimum absolute atomic E-state index is 0.143. The van der Waals surface area contributed by atoms with E-state index in [1.165, 1.54) is 0 Å². The van der Waals surface area contributed by atoms with Gasteiger partial charge in [0.15, 0.2) is 0 Å². The molecule has 18 heavy (non-hydrogen) atoms. The van der Waals surface area contributed by atoms with Gasteiger partial charge in [-0.3, -0.25) is 4.79 Å². The molecule has 0 aromatic carbocycles. The molecule has 0 bridgehead atoms. The van der Waals surface area contributed by atoms with Crippen LogP contribution in [0.4, 0.5) is 0 Å². The SMILES string of the molecule is Cc1ncn(C)c1C(=O)N1C[C@H]2CN(C)C[C@H]2C1. The van der Waals surface area contributed by atoms with Gasteiger partial charge >= 0.3 is 0 Å². The van der Waals surface area contributed by atoms with Gasteiger partial charge in [-0.2, -0.15) is 0 Å². The van der Waals surface area contributed by atoms with Gasteiger partial charge in [0.25, 0.3) is 5.91 Å². The van der Waals surface area contributed by atoms with Crippen molar-refractivity contribution in [2.24, 2.45) is 18.9 Å². The zero-order chi connectivity index (χ0) is 12.9. The summed E-state index contributed by atoms with van der Waals surface area (Å²) in [6.45, 7) is 5.95. The zero-order valence-electron chi connectivity index (χ0n) is 11.3. The fraction of sp³-hybridized carbons (Fsp3) is 0.692. The van der Waals surface area contributed by atoms with E-state index in [0.717, 1.165) is 37.6 Å². The lowest BCUT2D eigenvalue weighted by atomic mass is 10.0. The Hall–Kier alpha value is -1.36. The number of imidazole rings is 1. The molecule has 0 unspecified atom stereocenters. The quantitative estimate of drug-likeness (QED) is 0.720. The molecular formula is C13H20N4O. The van der Waals surface area contributed by atoms with Gasteiger partial charge in [-0.15, -0.1) is 0 Å². The maximum atomic E-state index is 12.5. The average Bonchev–Trinajstić information content (AvgIpc) is 2.91. The normalized spacial score (nSPS) is 27.8. The number of nitrogens with zero attached hydrogens (tertiary/aromatic N) is 4. The van der Waals surface area contributed by atoms with E-state index in [-0.39, 0.29) is 5.91 Å². The number of hydrogen-bond donors (Lipinski definition) is 0. The van der Waals surface area contributed by atoms with Crippen LogP contribution in [0.15, 0.2) is 6.33 Å². The molecule has 3 heterocycles. The van der Waals surface area contributed by atoms with Crippen molar-refractivity contribution in [1.82, 2.24) is 19.4 Å². The molecule has 1 aromatic rings. The van der Waals surface area contributed by atoms with Crippen LogP contribution in [0.25, 0.3) is 0 Å². The smallest absolute Gasteiger partial charge is 0.272 e. The number of hydrogen-bond acceptors (Lipinski definition) is 3. The van der Waals surface area contributed by atoms with Gasteiger partial charge in [-0.1, -0.05) is 0 Å². The Balaban J connectivity index is 1.76. The summed E-state index contributed by atoms with van der Waals surface area (Å²) in [6, 6.07) is 0. The average molecular weight is 248 g/mol. The van der Waals surface area contributed by atoms with Crippen LogP contribution < -0.4 is 0 Å². The Morgan fingerprint density at radius 1 is 1.22 bits per heavy atom. The number of likely N-dealkylation sites (tertiary alicyclic amines) is 2. The molecule has 2 atom stereocenters. The van der Waals surface area contributed by atoms with Crippen LogP contribution in [0.1, 0.15) is 16.2 Å². The van der Waals surface area contributed by atoms with Crippen molar-refractivity contribution in [3.05, 3.63) is 17.7 Å². The molecule has 0 saturated carbocycles. The third-order valence-corrected chi connectivity index (χ3v) is 4.28. The lowest BCUT2D eigenvalue weighted by Crippen LogP contribution is -2.33. The first-order chi connectivity index (χ1) is 8.56. The van der Waals surface area contributed by atoms with Crippen LogP contribution in [-0.4, -0.2) is 58.5 Å². The summed E-state index contributed by atoms with van der Waals surface area (Å²) in [4.78, 5) is 21.1. The molecular weight excluding hydrogens is 228 g/mol. The maximum absolute atomic E-state index is 12.5. The summed E-state index contributed by atoms with van der Waals surface area (Å²) in [5.41, 5.74) is 1.57. The monoisotopic (exact) mass is 248 g/mol. The van der Waals surface area contributed by atoms with Gasteiger partial charge in [0.2, 0.25) is 0 Å². The van der Waals surface area contributed by atoms with Gasteiger partial charge < -0.3 is 14.4 Å². The maximum Gasteiger partial charge on any atom is 0.272 e. The van der Waals surface area contributed by atoms with E-state index in [9.17, 15) is 4.79 Å². The summed E-state index contributed by atoms with van der Waals surface area (Å²) in [5.74, 6) is 1.46. The van der Waals surface area contributed by atoms with E-state index in [1.807, 2.05) is 23.4 Å². The second-order valence-corrected chi connectivity index (χ2v) is 5.74. The molecule has 2 aliphatic heterocycles. The number of aromatic nitrogens is 2. The summed E-state index contributed by atoms with van der Waals surface area (Å²) in [7, 11) is 4.05. The predicted octanol–water partition coefficient (Wildman–Crippen LogP) is 0.362. The van der Waals surface area contributed by atoms with Crippen LogP contribution in [0.5, 0.6) is 0 Å². The van der Waals surface area contributed by atoms with Crippen LogP contribution in [0.2, 0.25) is 0 Å². The molecule has 0 radical (unpaired) electrons. The van der Waals surface area contributed by atoms with E-state index in [4.69, 9.17) is 0 Å². The summed E-state index contributed by atoms with van der Waals surface area (Å²) < 4.78 is 1.83. The van der Waals surface area contributed by atoms with E-state index >= 15 is 0 Å². The number of fused-ring (bicyclic) bond motifs is 1. The zero-order valence-corrected chi connectivity index (χ0v) is 11.3. The van der Waals surface area contributed by atoms with Gasteiger partial charge in [0, 0.05) is 33.2 Å². The largest absolute Gasteiger partial charge is 0.337 e. The van der Waals surface area contributed by atoms with Gasteiger partial charge in [-0.25, -0.2) is 4.98 Å². The van der Waals surface area contributed by atoms with Crippen molar-refractivity contribution < 1.29 is 4.79 Å². The highest BCUT2D eigenvalue weighted by atomic mass is 16.2. The van der Waals surface area contributed by atoms with Crippen molar-refractivity contribution in [3.8, 4) is 0 Å². The molecule has 2 aliphatic rings. The number of carbonyl (C=O) groups excluding carboxylic acids is 1. The summed E-state index contributed by atoms with van der Waals surface area (Å²) >= 11 is 0. The van der Waals surface area contributed by atoms with Crippen molar-refractivity contribution in [2.45, 2.75) is 6.92 Å². The third-order valence-electron chi connectivity index (χ3n) is 4.28. The lowest BCUT2D eigenvalue weighted by Gasteiger charge is -2.19. The second-order valence-electron chi connectivity index (χ2n) is 5.74. The molecule has 3 rings (SSSR count). The van der Waals surface area contributed by atoms with Crippen LogP contribution >= 0.6 is 0 Å². The minimum atomic E-state index is 0.143. The Morgan fingerprint density at radius 3 is 2.33 bits per heavy atom. The van der Waals surface area contributed by atoms with Crippen LogP contribution in [-0.2, 0) is 7.05 Å². The highest BCUT2D eigenvalue weighted by Crippen LogP contribution is 2.31. The van der Waals surface area contributed by atoms with E-state index < -0.39 is 0 Å². The Kier molecular flexibility index (Phi) is 2.66. The molecule has 98 valence electrons. The van der Waals surface area contributed by atoms with Crippen molar-refractivity contribution >= 4 is 5.91 Å². The molecule has 0 spiro atoms. The number of amides is 1. The fourth-order valence-electron chi connectivity index (χ4n) is 3.40. The first-order valence-corrected chi connectivity index (χ1v) is 6.52. The molecule has 1 aromatic heterocycles. The summed E-state index contributed by atoms with van der Waals surface area (Å²) in [6.07, 6.45) is 1.72. The Labute approximate surface area is 107 Å². The highest BCUT2D eigenvalue weighted by molar-refractivity contribution is 5.93. The molecule has 0 aliphatic carbocycles. The molecule has 2 fully saturated rings. The third kappa shape index (κ3) is 1.73. The first-order valence-electron chi connectivity index (χ1n) is 6.52. The van der Waals surface area contributed by atoms with Crippen molar-refractivity contribution in [2.75, 3.05) is 33.2 Å². The predicted molar refractivity (Wildman–Crippen MR) is 68.3 cm³/mol. The molecule has 1 amide bonds. The fourth-order valence-corrected chi connectivity index (χ4v) is 3.40. The standard InChI is InChI=1S/C13H20N4O/c1-9-12(16(3)8-14-9)13(18)17-6-10-4-15(2)5-11(10)7-17/h8,10-11H,4-7H2,1-3H3/t10-,11+.